The van der Waals surface area contributed by atoms with Gasteiger partial charge in [0.2, 0.25) is 0 Å². The van der Waals surface area contributed by atoms with Gasteiger partial charge in [-0.3, -0.25) is 28.0 Å². The van der Waals surface area contributed by atoms with Crippen molar-refractivity contribution >= 4 is 33.4 Å². The molecule has 0 radical (unpaired) electrons. The number of allylic oxidation sites excluding steroid dienone is 4. The molecular formula is C45H84O14P2. The Bertz CT molecular complexity index is 1250. The molecule has 0 saturated carbocycles. The van der Waals surface area contributed by atoms with E-state index in [1.54, 1.807) is 12.2 Å². The molecule has 0 amide bonds. The van der Waals surface area contributed by atoms with Crippen LogP contribution < -0.4 is 0 Å². The monoisotopic (exact) mass is 911 g/mol. The standard InChI is InChI=1S/C45H84O14P2/c1-4-6-26-32-41(46)33-28-23-19-15-13-17-21-25-30-35-45(49)59-43(39-58-61(53,54)57-37-42(47)36-56-60(50,51)52)38-55-44(48)34-29-24-20-16-12-10-8-7-9-11-14-18-22-27-31-40(3)5-2/h19,23,28,33,40,42-43,47H,4-18,20-22,24-27,29-32,34-39H2,1-3H3,(H,53,54)(H2,50,51,52)/b23-19-,33-28+/t40?,42-,43+/m0/s1. The Morgan fingerprint density at radius 2 is 1.07 bits per heavy atom. The summed E-state index contributed by atoms with van der Waals surface area (Å²) >= 11 is 0. The van der Waals surface area contributed by atoms with Crippen LogP contribution in [-0.2, 0) is 46.6 Å². The smallest absolute Gasteiger partial charge is 0.462 e. The van der Waals surface area contributed by atoms with Gasteiger partial charge in [0.1, 0.15) is 12.7 Å². The molecule has 4 atom stereocenters. The fourth-order valence-electron chi connectivity index (χ4n) is 6.36. The molecule has 61 heavy (non-hydrogen) atoms. The van der Waals surface area contributed by atoms with Crippen molar-refractivity contribution in [3.63, 3.8) is 0 Å². The molecule has 0 bridgehead atoms. The van der Waals surface area contributed by atoms with E-state index in [-0.39, 0.29) is 18.6 Å². The molecule has 0 spiro atoms. The normalized spacial score (nSPS) is 14.6. The van der Waals surface area contributed by atoms with Gasteiger partial charge in [0.25, 0.3) is 0 Å². The Balaban J connectivity index is 4.51. The van der Waals surface area contributed by atoms with E-state index in [1.807, 2.05) is 12.2 Å². The third-order valence-corrected chi connectivity index (χ3v) is 11.8. The van der Waals surface area contributed by atoms with E-state index in [0.29, 0.717) is 19.3 Å². The van der Waals surface area contributed by atoms with Crippen LogP contribution in [0.4, 0.5) is 0 Å². The molecular weight excluding hydrogens is 826 g/mol. The lowest BCUT2D eigenvalue weighted by Crippen LogP contribution is -2.30. The first-order chi connectivity index (χ1) is 29.2. The first kappa shape index (κ1) is 59.3. The van der Waals surface area contributed by atoms with E-state index < -0.39 is 66.2 Å². The molecule has 0 rings (SSSR count). The number of rotatable bonds is 44. The summed E-state index contributed by atoms with van der Waals surface area (Å²) in [6, 6.07) is 0. The number of ketones is 1. The van der Waals surface area contributed by atoms with Crippen molar-refractivity contribution < 1.29 is 66.3 Å². The maximum Gasteiger partial charge on any atom is 0.472 e. The number of phosphoric ester groups is 2. The number of esters is 2. The van der Waals surface area contributed by atoms with E-state index in [1.165, 1.54) is 77.0 Å². The number of hydrogen-bond acceptors (Lipinski definition) is 11. The van der Waals surface area contributed by atoms with Crippen molar-refractivity contribution in [2.75, 3.05) is 26.4 Å². The molecule has 358 valence electrons. The summed E-state index contributed by atoms with van der Waals surface area (Å²) in [6.45, 7) is 3.94. The molecule has 0 aromatic heterocycles. The van der Waals surface area contributed by atoms with Crippen LogP contribution in [0.1, 0.15) is 201 Å². The van der Waals surface area contributed by atoms with Gasteiger partial charge in [0, 0.05) is 19.3 Å². The van der Waals surface area contributed by atoms with Crippen LogP contribution in [0.15, 0.2) is 24.3 Å². The van der Waals surface area contributed by atoms with Crippen molar-refractivity contribution in [1.82, 2.24) is 0 Å². The lowest BCUT2D eigenvalue weighted by molar-refractivity contribution is -0.161. The number of unbranched alkanes of at least 4 members (excludes halogenated alkanes) is 20. The van der Waals surface area contributed by atoms with Gasteiger partial charge in [-0.25, -0.2) is 9.13 Å². The number of carbonyl (C=O) groups excluding carboxylic acids is 3. The summed E-state index contributed by atoms with van der Waals surface area (Å²) in [5, 5.41) is 9.75. The predicted molar refractivity (Wildman–Crippen MR) is 240 cm³/mol. The Morgan fingerprint density at radius 1 is 0.574 bits per heavy atom. The molecule has 0 aliphatic rings. The zero-order chi connectivity index (χ0) is 45.5. The summed E-state index contributed by atoms with van der Waals surface area (Å²) in [5.74, 6) is -0.0800. The summed E-state index contributed by atoms with van der Waals surface area (Å²) in [5.41, 5.74) is 0. The largest absolute Gasteiger partial charge is 0.472 e. The first-order valence-corrected chi connectivity index (χ1v) is 26.4. The minimum Gasteiger partial charge on any atom is -0.462 e. The maximum absolute atomic E-state index is 12.7. The van der Waals surface area contributed by atoms with Gasteiger partial charge in [-0.2, -0.15) is 0 Å². The molecule has 0 heterocycles. The summed E-state index contributed by atoms with van der Waals surface area (Å²) < 4.78 is 47.8. The van der Waals surface area contributed by atoms with Crippen molar-refractivity contribution in [3.8, 4) is 0 Å². The van der Waals surface area contributed by atoms with E-state index >= 15 is 0 Å². The number of hydrogen-bond donors (Lipinski definition) is 4. The van der Waals surface area contributed by atoms with Crippen LogP contribution in [0.2, 0.25) is 0 Å². The second-order valence-electron chi connectivity index (χ2n) is 16.3. The zero-order valence-electron chi connectivity index (χ0n) is 37.9. The second kappa shape index (κ2) is 39.8. The van der Waals surface area contributed by atoms with Gasteiger partial charge < -0.3 is 29.3 Å². The Hall–Kier alpha value is -1.73. The number of phosphoric acid groups is 2. The average Bonchev–Trinajstić information content (AvgIpc) is 3.21. The number of ether oxygens (including phenoxy) is 2. The Labute approximate surface area is 368 Å². The number of aliphatic hydroxyl groups is 1. The van der Waals surface area contributed by atoms with Gasteiger partial charge in [-0.05, 0) is 44.1 Å². The average molecular weight is 911 g/mol. The second-order valence-corrected chi connectivity index (χ2v) is 19.0. The van der Waals surface area contributed by atoms with E-state index in [4.69, 9.17) is 23.8 Å². The molecule has 16 heteroatoms. The van der Waals surface area contributed by atoms with Crippen molar-refractivity contribution in [3.05, 3.63) is 24.3 Å². The van der Waals surface area contributed by atoms with Crippen molar-refractivity contribution in [1.29, 1.82) is 0 Å². The van der Waals surface area contributed by atoms with Crippen molar-refractivity contribution in [2.24, 2.45) is 5.92 Å². The van der Waals surface area contributed by atoms with Gasteiger partial charge in [0.15, 0.2) is 11.9 Å². The van der Waals surface area contributed by atoms with E-state index in [0.717, 1.165) is 76.5 Å². The minimum atomic E-state index is -4.87. The van der Waals surface area contributed by atoms with E-state index in [9.17, 15) is 33.5 Å². The summed E-state index contributed by atoms with van der Waals surface area (Å²) in [7, 11) is -9.70. The van der Waals surface area contributed by atoms with E-state index in [2.05, 4.69) is 29.8 Å². The lowest BCUT2D eigenvalue weighted by Gasteiger charge is -2.20. The zero-order valence-corrected chi connectivity index (χ0v) is 39.7. The molecule has 0 saturated heterocycles. The minimum absolute atomic E-state index is 0.0826. The molecule has 0 aliphatic carbocycles. The molecule has 2 unspecified atom stereocenters. The molecule has 0 aliphatic heterocycles. The maximum atomic E-state index is 12.7. The summed E-state index contributed by atoms with van der Waals surface area (Å²) in [6.07, 6.45) is 32.9. The molecule has 4 N–H and O–H groups in total. The van der Waals surface area contributed by atoms with Crippen LogP contribution in [0.3, 0.4) is 0 Å². The highest BCUT2D eigenvalue weighted by atomic mass is 31.2. The molecule has 14 nitrogen and oxygen atoms in total. The number of aliphatic hydroxyl groups excluding tert-OH is 1. The van der Waals surface area contributed by atoms with Crippen LogP contribution >= 0.6 is 15.6 Å². The summed E-state index contributed by atoms with van der Waals surface area (Å²) in [4.78, 5) is 64.5. The van der Waals surface area contributed by atoms with Crippen LogP contribution in [0.5, 0.6) is 0 Å². The first-order valence-electron chi connectivity index (χ1n) is 23.4. The van der Waals surface area contributed by atoms with Crippen LogP contribution in [0, 0.1) is 5.92 Å². The van der Waals surface area contributed by atoms with Gasteiger partial charge in [-0.1, -0.05) is 167 Å². The third kappa shape index (κ3) is 43.3. The SMILES string of the molecule is CCCCCC(=O)/C=C/C=C\CCCCCCCC(=O)O[C@H](COC(=O)CCCCCCCCCCCCCCCCC(C)CC)COP(=O)(O)OC[C@@H](O)COP(=O)(O)O. The number of carbonyl (C=O) groups is 3. The van der Waals surface area contributed by atoms with Gasteiger partial charge >= 0.3 is 27.6 Å². The topological polar surface area (TPSA) is 212 Å². The predicted octanol–water partition coefficient (Wildman–Crippen LogP) is 11.3. The highest BCUT2D eigenvalue weighted by Gasteiger charge is 2.28. The van der Waals surface area contributed by atoms with Crippen LogP contribution in [-0.4, -0.2) is 76.1 Å². The van der Waals surface area contributed by atoms with Crippen LogP contribution in [0.25, 0.3) is 0 Å². The molecule has 0 aromatic carbocycles. The Kier molecular flexibility index (Phi) is 38.7. The molecule has 0 fully saturated rings. The lowest BCUT2D eigenvalue weighted by atomic mass is 9.99. The Morgan fingerprint density at radius 3 is 1.62 bits per heavy atom. The highest BCUT2D eigenvalue weighted by Crippen LogP contribution is 2.43. The highest BCUT2D eigenvalue weighted by molar-refractivity contribution is 7.47. The van der Waals surface area contributed by atoms with Gasteiger partial charge in [-0.15, -0.1) is 0 Å². The fraction of sp³-hybridized carbons (Fsp3) is 0.844. The fourth-order valence-corrected chi connectivity index (χ4v) is 7.52. The third-order valence-electron chi connectivity index (χ3n) is 10.3. The quantitative estimate of drug-likeness (QED) is 0.0147. The molecule has 0 aromatic rings. The van der Waals surface area contributed by atoms with Crippen molar-refractivity contribution in [2.45, 2.75) is 213 Å². The van der Waals surface area contributed by atoms with Gasteiger partial charge in [0.05, 0.1) is 19.8 Å².